The van der Waals surface area contributed by atoms with Gasteiger partial charge in [-0.2, -0.15) is 0 Å². The number of hydrogen-bond donors (Lipinski definition) is 2. The lowest BCUT2D eigenvalue weighted by atomic mass is 9.60. The van der Waals surface area contributed by atoms with Crippen LogP contribution in [0.5, 0.6) is 0 Å². The Bertz CT molecular complexity index is 856. The molecule has 4 rings (SSSR count). The molecular weight excluding hydrogens is 376 g/mol. The molecule has 1 aromatic heterocycles. The fourth-order valence-electron chi connectivity index (χ4n) is 4.93. The summed E-state index contributed by atoms with van der Waals surface area (Å²) >= 11 is 0. The lowest BCUT2D eigenvalue weighted by Crippen LogP contribution is -2.65. The van der Waals surface area contributed by atoms with Crippen LogP contribution in [0.4, 0.5) is 0 Å². The number of guanidine groups is 1. The summed E-state index contributed by atoms with van der Waals surface area (Å²) in [4.78, 5) is 4.89. The monoisotopic (exact) mass is 410 g/mol. The van der Waals surface area contributed by atoms with Crippen LogP contribution in [-0.2, 0) is 24.9 Å². The zero-order valence-corrected chi connectivity index (χ0v) is 18.4. The Hall–Kier alpha value is -2.41. The molecule has 7 heteroatoms. The normalized spacial score (nSPS) is 22.8. The quantitative estimate of drug-likeness (QED) is 0.542. The van der Waals surface area contributed by atoms with E-state index in [1.807, 2.05) is 24.6 Å². The Balaban J connectivity index is 1.47. The molecule has 1 aromatic carbocycles. The summed E-state index contributed by atoms with van der Waals surface area (Å²) in [7, 11) is 1.99. The van der Waals surface area contributed by atoms with Crippen LogP contribution in [0.1, 0.15) is 56.2 Å². The number of aryl methyl sites for hydroxylation is 1. The van der Waals surface area contributed by atoms with Crippen LogP contribution >= 0.6 is 0 Å². The molecule has 1 spiro atoms. The molecule has 2 N–H and O–H groups in total. The van der Waals surface area contributed by atoms with Crippen molar-refractivity contribution in [2.75, 3.05) is 6.61 Å². The molecule has 0 radical (unpaired) electrons. The second-order valence-corrected chi connectivity index (χ2v) is 8.54. The van der Waals surface area contributed by atoms with Gasteiger partial charge in [0.2, 0.25) is 0 Å². The highest BCUT2D eigenvalue weighted by Crippen LogP contribution is 2.54. The van der Waals surface area contributed by atoms with Crippen molar-refractivity contribution < 1.29 is 4.74 Å². The van der Waals surface area contributed by atoms with E-state index in [9.17, 15) is 0 Å². The van der Waals surface area contributed by atoms with E-state index in [1.54, 1.807) is 0 Å². The van der Waals surface area contributed by atoms with Gasteiger partial charge in [0, 0.05) is 25.1 Å². The summed E-state index contributed by atoms with van der Waals surface area (Å²) in [5.74, 6) is 2.65. The fourth-order valence-corrected chi connectivity index (χ4v) is 4.93. The second kappa shape index (κ2) is 9.16. The molecule has 2 fully saturated rings. The number of benzene rings is 1. The maximum absolute atomic E-state index is 6.08. The third-order valence-electron chi connectivity index (χ3n) is 6.86. The first-order chi connectivity index (χ1) is 14.6. The molecule has 2 aliphatic carbocycles. The van der Waals surface area contributed by atoms with E-state index >= 15 is 0 Å². The Kier molecular flexibility index (Phi) is 6.37. The number of hydrogen-bond acceptors (Lipinski definition) is 4. The predicted octanol–water partition coefficient (Wildman–Crippen LogP) is 3.10. The van der Waals surface area contributed by atoms with Gasteiger partial charge in [0.05, 0.1) is 19.2 Å². The third kappa shape index (κ3) is 4.21. The number of aliphatic imine (C=N–C) groups is 1. The van der Waals surface area contributed by atoms with E-state index in [2.05, 4.69) is 52.0 Å². The minimum Gasteiger partial charge on any atom is -0.378 e. The molecule has 0 aliphatic heterocycles. The molecule has 2 aromatic rings. The zero-order valence-electron chi connectivity index (χ0n) is 18.4. The van der Waals surface area contributed by atoms with Crippen molar-refractivity contribution in [2.45, 2.75) is 71.2 Å². The van der Waals surface area contributed by atoms with Crippen LogP contribution in [0.3, 0.4) is 0 Å². The first-order valence-electron chi connectivity index (χ1n) is 11.2. The van der Waals surface area contributed by atoms with Gasteiger partial charge in [-0.3, -0.25) is 0 Å². The van der Waals surface area contributed by atoms with E-state index in [0.717, 1.165) is 30.6 Å². The lowest BCUT2D eigenvalue weighted by Gasteiger charge is -2.54. The SMILES string of the molecule is CCOC1CC(NC(=NCc2ccccc2)NCc2nnc(C)n2C)C12CCCC2. The van der Waals surface area contributed by atoms with Crippen molar-refractivity contribution in [1.29, 1.82) is 0 Å². The van der Waals surface area contributed by atoms with Gasteiger partial charge >= 0.3 is 0 Å². The van der Waals surface area contributed by atoms with Crippen LogP contribution < -0.4 is 10.6 Å². The summed E-state index contributed by atoms with van der Waals surface area (Å²) in [6.07, 6.45) is 6.49. The van der Waals surface area contributed by atoms with Gasteiger partial charge in [0.25, 0.3) is 0 Å². The van der Waals surface area contributed by atoms with Crippen molar-refractivity contribution in [3.05, 3.63) is 47.5 Å². The van der Waals surface area contributed by atoms with E-state index in [-0.39, 0.29) is 5.41 Å². The Morgan fingerprint density at radius 1 is 1.23 bits per heavy atom. The minimum atomic E-state index is 0.257. The van der Waals surface area contributed by atoms with E-state index < -0.39 is 0 Å². The van der Waals surface area contributed by atoms with Crippen LogP contribution in [0.25, 0.3) is 0 Å². The fraction of sp³-hybridized carbons (Fsp3) is 0.609. The van der Waals surface area contributed by atoms with E-state index in [0.29, 0.717) is 25.2 Å². The number of aromatic nitrogens is 3. The van der Waals surface area contributed by atoms with Crippen molar-refractivity contribution in [2.24, 2.45) is 17.5 Å². The zero-order chi connectivity index (χ0) is 21.0. The maximum atomic E-state index is 6.08. The summed E-state index contributed by atoms with van der Waals surface area (Å²) in [6, 6.07) is 10.8. The molecule has 0 bridgehead atoms. The summed E-state index contributed by atoms with van der Waals surface area (Å²) in [6.45, 7) is 6.08. The smallest absolute Gasteiger partial charge is 0.192 e. The van der Waals surface area contributed by atoms with Crippen molar-refractivity contribution in [1.82, 2.24) is 25.4 Å². The average molecular weight is 411 g/mol. The molecular formula is C23H34N6O. The summed E-state index contributed by atoms with van der Waals surface area (Å²) < 4.78 is 8.09. The van der Waals surface area contributed by atoms with Crippen LogP contribution in [-0.4, -0.2) is 39.5 Å². The highest BCUT2D eigenvalue weighted by Gasteiger charge is 2.56. The van der Waals surface area contributed by atoms with E-state index in [4.69, 9.17) is 9.73 Å². The first-order valence-corrected chi connectivity index (χ1v) is 11.2. The predicted molar refractivity (Wildman–Crippen MR) is 118 cm³/mol. The summed E-state index contributed by atoms with van der Waals surface area (Å²) in [5, 5.41) is 15.7. The minimum absolute atomic E-state index is 0.257. The van der Waals surface area contributed by atoms with Crippen molar-refractivity contribution >= 4 is 5.96 Å². The number of nitrogens with one attached hydrogen (secondary N) is 2. The van der Waals surface area contributed by atoms with Crippen LogP contribution in [0.2, 0.25) is 0 Å². The van der Waals surface area contributed by atoms with Crippen molar-refractivity contribution in [3.63, 3.8) is 0 Å². The highest BCUT2D eigenvalue weighted by molar-refractivity contribution is 5.80. The van der Waals surface area contributed by atoms with Gasteiger partial charge in [0.1, 0.15) is 5.82 Å². The topological polar surface area (TPSA) is 76.4 Å². The van der Waals surface area contributed by atoms with E-state index in [1.165, 1.54) is 31.2 Å². The Morgan fingerprint density at radius 3 is 2.67 bits per heavy atom. The second-order valence-electron chi connectivity index (χ2n) is 8.54. The standard InChI is InChI=1S/C23H34N6O/c1-4-30-20-14-19(23(20)12-8-9-13-23)26-22(24-15-18-10-6-5-7-11-18)25-16-21-28-27-17(2)29(21)3/h5-7,10-11,19-20H,4,8-9,12-16H2,1-3H3,(H2,24,25,26). The molecule has 2 unspecified atom stereocenters. The summed E-state index contributed by atoms with van der Waals surface area (Å²) in [5.41, 5.74) is 1.46. The molecule has 2 atom stereocenters. The van der Waals surface area contributed by atoms with Crippen molar-refractivity contribution in [3.8, 4) is 0 Å². The number of ether oxygens (including phenoxy) is 1. The first kappa shape index (κ1) is 20.8. The lowest BCUT2D eigenvalue weighted by molar-refractivity contribution is -0.125. The molecule has 2 saturated carbocycles. The van der Waals surface area contributed by atoms with Gasteiger partial charge < -0.3 is 19.9 Å². The number of nitrogens with zero attached hydrogens (tertiary/aromatic N) is 4. The van der Waals surface area contributed by atoms with Gasteiger partial charge in [-0.05, 0) is 38.7 Å². The van der Waals surface area contributed by atoms with Gasteiger partial charge in [-0.15, -0.1) is 10.2 Å². The highest BCUT2D eigenvalue weighted by atomic mass is 16.5. The molecule has 30 heavy (non-hydrogen) atoms. The average Bonchev–Trinajstić information content (AvgIpc) is 3.40. The van der Waals surface area contributed by atoms with Gasteiger partial charge in [-0.25, -0.2) is 4.99 Å². The molecule has 0 saturated heterocycles. The molecule has 1 heterocycles. The Labute approximate surface area is 179 Å². The van der Waals surface area contributed by atoms with Gasteiger partial charge in [0.15, 0.2) is 11.8 Å². The van der Waals surface area contributed by atoms with Gasteiger partial charge in [-0.1, -0.05) is 43.2 Å². The molecule has 2 aliphatic rings. The molecule has 7 nitrogen and oxygen atoms in total. The maximum Gasteiger partial charge on any atom is 0.192 e. The molecule has 0 amide bonds. The van der Waals surface area contributed by atoms with Crippen LogP contribution in [0, 0.1) is 12.3 Å². The van der Waals surface area contributed by atoms with Crippen LogP contribution in [0.15, 0.2) is 35.3 Å². The number of rotatable bonds is 7. The molecule has 162 valence electrons. The third-order valence-corrected chi connectivity index (χ3v) is 6.86. The Morgan fingerprint density at radius 2 is 2.00 bits per heavy atom. The largest absolute Gasteiger partial charge is 0.378 e.